The van der Waals surface area contributed by atoms with Crippen molar-refractivity contribution >= 4 is 0 Å². The highest BCUT2D eigenvalue weighted by molar-refractivity contribution is 5.08. The molecule has 0 aliphatic heterocycles. The van der Waals surface area contributed by atoms with Crippen LogP contribution in [0.4, 0.5) is 0 Å². The molecule has 2 atom stereocenters. The molecule has 2 fully saturated rings. The van der Waals surface area contributed by atoms with E-state index >= 15 is 0 Å². The van der Waals surface area contributed by atoms with Crippen LogP contribution in [0.25, 0.3) is 0 Å². The third-order valence-corrected chi connectivity index (χ3v) is 5.15. The fourth-order valence-corrected chi connectivity index (χ4v) is 3.57. The van der Waals surface area contributed by atoms with Crippen molar-refractivity contribution in [2.24, 2.45) is 0 Å². The van der Waals surface area contributed by atoms with E-state index in [-0.39, 0.29) is 5.54 Å². The molecule has 0 aromatic heterocycles. The van der Waals surface area contributed by atoms with E-state index in [1.165, 1.54) is 51.4 Å². The van der Waals surface area contributed by atoms with Gasteiger partial charge in [-0.15, -0.1) is 0 Å². The molecular formula is C17H31N3. The van der Waals surface area contributed by atoms with Gasteiger partial charge in [-0.3, -0.25) is 5.32 Å². The van der Waals surface area contributed by atoms with E-state index in [1.807, 2.05) is 0 Å². The van der Waals surface area contributed by atoms with Gasteiger partial charge in [0.25, 0.3) is 0 Å². The van der Waals surface area contributed by atoms with E-state index in [0.717, 1.165) is 12.5 Å². The van der Waals surface area contributed by atoms with Crippen molar-refractivity contribution in [3.63, 3.8) is 0 Å². The SMILES string of the molecule is CC(CC(C)(C#N)NC1CC1)N(C)C1CCCCCC1. The monoisotopic (exact) mass is 277 g/mol. The molecule has 2 rings (SSSR count). The molecule has 2 aliphatic rings. The molecule has 0 bridgehead atoms. The summed E-state index contributed by atoms with van der Waals surface area (Å²) in [4.78, 5) is 2.54. The topological polar surface area (TPSA) is 39.1 Å². The summed E-state index contributed by atoms with van der Waals surface area (Å²) in [6.45, 7) is 4.36. The molecule has 114 valence electrons. The Hall–Kier alpha value is -0.590. The minimum absolute atomic E-state index is 0.362. The maximum Gasteiger partial charge on any atom is 0.105 e. The van der Waals surface area contributed by atoms with E-state index < -0.39 is 0 Å². The summed E-state index contributed by atoms with van der Waals surface area (Å²) >= 11 is 0. The van der Waals surface area contributed by atoms with Gasteiger partial charge >= 0.3 is 0 Å². The van der Waals surface area contributed by atoms with E-state index in [9.17, 15) is 5.26 Å². The van der Waals surface area contributed by atoms with Crippen molar-refractivity contribution in [2.45, 2.75) is 95.3 Å². The highest BCUT2D eigenvalue weighted by Crippen LogP contribution is 2.27. The molecule has 3 nitrogen and oxygen atoms in total. The smallest absolute Gasteiger partial charge is 0.105 e. The number of hydrogen-bond acceptors (Lipinski definition) is 3. The lowest BCUT2D eigenvalue weighted by Crippen LogP contribution is -2.49. The summed E-state index contributed by atoms with van der Waals surface area (Å²) in [7, 11) is 2.26. The predicted octanol–water partition coefficient (Wildman–Crippen LogP) is 3.45. The van der Waals surface area contributed by atoms with E-state index in [0.29, 0.717) is 12.1 Å². The van der Waals surface area contributed by atoms with Crippen molar-refractivity contribution in [2.75, 3.05) is 7.05 Å². The van der Waals surface area contributed by atoms with Gasteiger partial charge < -0.3 is 4.90 Å². The normalized spacial score (nSPS) is 25.8. The van der Waals surface area contributed by atoms with Crippen LogP contribution in [0.1, 0.15) is 71.6 Å². The lowest BCUT2D eigenvalue weighted by atomic mass is 9.93. The molecule has 0 aromatic rings. The van der Waals surface area contributed by atoms with Crippen LogP contribution in [0.15, 0.2) is 0 Å². The second kappa shape index (κ2) is 6.91. The first-order valence-electron chi connectivity index (χ1n) is 8.45. The van der Waals surface area contributed by atoms with Crippen LogP contribution in [0.2, 0.25) is 0 Å². The summed E-state index contributed by atoms with van der Waals surface area (Å²) in [5.74, 6) is 0. The zero-order valence-corrected chi connectivity index (χ0v) is 13.5. The average Bonchev–Trinajstić information content (AvgIpc) is 3.24. The minimum atomic E-state index is -0.362. The number of nitriles is 1. The average molecular weight is 277 g/mol. The van der Waals surface area contributed by atoms with Crippen LogP contribution in [0, 0.1) is 11.3 Å². The molecule has 0 aromatic carbocycles. The van der Waals surface area contributed by atoms with Gasteiger partial charge in [-0.1, -0.05) is 25.7 Å². The van der Waals surface area contributed by atoms with Crippen LogP contribution in [-0.2, 0) is 0 Å². The van der Waals surface area contributed by atoms with Gasteiger partial charge in [0.15, 0.2) is 0 Å². The maximum atomic E-state index is 9.52. The molecule has 0 radical (unpaired) electrons. The van der Waals surface area contributed by atoms with Crippen LogP contribution in [-0.4, -0.2) is 35.6 Å². The quantitative estimate of drug-likeness (QED) is 0.756. The minimum Gasteiger partial charge on any atom is -0.301 e. The molecule has 2 saturated carbocycles. The van der Waals surface area contributed by atoms with Crippen LogP contribution in [0.3, 0.4) is 0 Å². The Labute approximate surface area is 124 Å². The Bertz CT molecular complexity index is 337. The zero-order valence-electron chi connectivity index (χ0n) is 13.5. The fraction of sp³-hybridized carbons (Fsp3) is 0.941. The molecule has 2 unspecified atom stereocenters. The van der Waals surface area contributed by atoms with Gasteiger partial charge in [0.05, 0.1) is 6.07 Å². The molecule has 1 N–H and O–H groups in total. The second-order valence-electron chi connectivity index (χ2n) is 7.23. The zero-order chi connectivity index (χ0) is 14.6. The number of hydrogen-bond donors (Lipinski definition) is 1. The van der Waals surface area contributed by atoms with Crippen LogP contribution < -0.4 is 5.32 Å². The predicted molar refractivity (Wildman–Crippen MR) is 83.5 cm³/mol. The molecule has 3 heteroatoms. The van der Waals surface area contributed by atoms with E-state index in [1.54, 1.807) is 0 Å². The van der Waals surface area contributed by atoms with Crippen molar-refractivity contribution < 1.29 is 0 Å². The highest BCUT2D eigenvalue weighted by atomic mass is 15.2. The third kappa shape index (κ3) is 4.46. The van der Waals surface area contributed by atoms with Gasteiger partial charge in [0, 0.05) is 18.1 Å². The highest BCUT2D eigenvalue weighted by Gasteiger charge is 2.35. The Morgan fingerprint density at radius 2 is 1.80 bits per heavy atom. The first kappa shape index (κ1) is 15.8. The molecule has 0 saturated heterocycles. The van der Waals surface area contributed by atoms with Crippen LogP contribution >= 0.6 is 0 Å². The van der Waals surface area contributed by atoms with Gasteiger partial charge in [-0.25, -0.2) is 0 Å². The lowest BCUT2D eigenvalue weighted by molar-refractivity contribution is 0.143. The number of nitrogens with zero attached hydrogens (tertiary/aromatic N) is 2. The van der Waals surface area contributed by atoms with E-state index in [2.05, 4.69) is 37.2 Å². The molecule has 2 aliphatic carbocycles. The Balaban J connectivity index is 1.87. The molecule has 0 amide bonds. The second-order valence-corrected chi connectivity index (χ2v) is 7.23. The summed E-state index contributed by atoms with van der Waals surface area (Å²) in [5.41, 5.74) is -0.362. The van der Waals surface area contributed by atoms with Crippen molar-refractivity contribution in [3.05, 3.63) is 0 Å². The third-order valence-electron chi connectivity index (χ3n) is 5.15. The Morgan fingerprint density at radius 3 is 2.30 bits per heavy atom. The molecule has 20 heavy (non-hydrogen) atoms. The Kier molecular flexibility index (Phi) is 5.46. The molecular weight excluding hydrogens is 246 g/mol. The first-order chi connectivity index (χ1) is 9.54. The van der Waals surface area contributed by atoms with Gasteiger partial charge in [-0.2, -0.15) is 5.26 Å². The summed E-state index contributed by atoms with van der Waals surface area (Å²) in [6.07, 6.45) is 11.6. The van der Waals surface area contributed by atoms with Gasteiger partial charge in [0.1, 0.15) is 5.54 Å². The fourth-order valence-electron chi connectivity index (χ4n) is 3.57. The standard InChI is InChI=1S/C17H31N3/c1-14(12-17(2,13-18)19-15-10-11-15)20(3)16-8-6-4-5-7-9-16/h14-16,19H,4-12H2,1-3H3. The van der Waals surface area contributed by atoms with Crippen molar-refractivity contribution in [1.82, 2.24) is 10.2 Å². The van der Waals surface area contributed by atoms with Gasteiger partial charge in [-0.05, 0) is 53.0 Å². The number of rotatable bonds is 6. The van der Waals surface area contributed by atoms with Crippen molar-refractivity contribution in [1.29, 1.82) is 5.26 Å². The largest absolute Gasteiger partial charge is 0.301 e. The first-order valence-corrected chi connectivity index (χ1v) is 8.45. The summed E-state index contributed by atoms with van der Waals surface area (Å²) < 4.78 is 0. The van der Waals surface area contributed by atoms with Crippen molar-refractivity contribution in [3.8, 4) is 6.07 Å². The number of nitrogens with one attached hydrogen (secondary N) is 1. The molecule has 0 spiro atoms. The summed E-state index contributed by atoms with van der Waals surface area (Å²) in [6, 6.07) is 4.29. The Morgan fingerprint density at radius 1 is 1.20 bits per heavy atom. The van der Waals surface area contributed by atoms with Gasteiger partial charge in [0.2, 0.25) is 0 Å². The maximum absolute atomic E-state index is 9.52. The summed E-state index contributed by atoms with van der Waals surface area (Å²) in [5, 5.41) is 13.0. The molecule has 0 heterocycles. The van der Waals surface area contributed by atoms with Crippen LogP contribution in [0.5, 0.6) is 0 Å². The lowest BCUT2D eigenvalue weighted by Gasteiger charge is -2.36. The van der Waals surface area contributed by atoms with E-state index in [4.69, 9.17) is 0 Å².